The van der Waals surface area contributed by atoms with Gasteiger partial charge in [0.1, 0.15) is 11.6 Å². The van der Waals surface area contributed by atoms with E-state index in [0.717, 1.165) is 36.7 Å². The number of thioether (sulfide) groups is 1. The number of anilines is 1. The van der Waals surface area contributed by atoms with Gasteiger partial charge in [0.25, 0.3) is 5.91 Å². The highest BCUT2D eigenvalue weighted by Gasteiger charge is 2.21. The number of rotatable bonds is 8. The van der Waals surface area contributed by atoms with E-state index in [0.29, 0.717) is 36.3 Å². The molecule has 4 rings (SSSR count). The normalized spacial score (nSPS) is 13.7. The SMILES string of the molecule is CCc1cc(N2CCN(C(C)=O)CC2)nc(SCc2ccc(C(=O)NCc3ccccn3)o2)n1. The molecule has 2 amide bonds. The van der Waals surface area contributed by atoms with Crippen molar-refractivity contribution in [3.05, 3.63) is 65.5 Å². The number of aromatic nitrogens is 3. The molecule has 1 aliphatic rings. The summed E-state index contributed by atoms with van der Waals surface area (Å²) in [5, 5.41) is 3.48. The summed E-state index contributed by atoms with van der Waals surface area (Å²) in [6.45, 7) is 6.90. The Labute approximate surface area is 203 Å². The van der Waals surface area contributed by atoms with E-state index in [1.807, 2.05) is 29.2 Å². The number of hydrogen-bond donors (Lipinski definition) is 1. The number of aryl methyl sites for hydroxylation is 1. The molecular weight excluding hydrogens is 452 g/mol. The van der Waals surface area contributed by atoms with Gasteiger partial charge < -0.3 is 19.5 Å². The maximum absolute atomic E-state index is 12.4. The van der Waals surface area contributed by atoms with Crippen LogP contribution in [-0.2, 0) is 23.5 Å². The molecule has 3 aromatic heterocycles. The van der Waals surface area contributed by atoms with Crippen molar-refractivity contribution in [2.45, 2.75) is 37.7 Å². The van der Waals surface area contributed by atoms with Gasteiger partial charge in [-0.1, -0.05) is 24.8 Å². The number of hydrogen-bond acceptors (Lipinski definition) is 8. The molecule has 178 valence electrons. The van der Waals surface area contributed by atoms with Gasteiger partial charge in [-0.25, -0.2) is 9.97 Å². The molecule has 4 heterocycles. The average Bonchev–Trinajstić information content (AvgIpc) is 3.36. The van der Waals surface area contributed by atoms with Crippen molar-refractivity contribution in [1.82, 2.24) is 25.2 Å². The highest BCUT2D eigenvalue weighted by Crippen LogP contribution is 2.25. The molecule has 34 heavy (non-hydrogen) atoms. The molecule has 0 aromatic carbocycles. The summed E-state index contributed by atoms with van der Waals surface area (Å²) in [7, 11) is 0. The lowest BCUT2D eigenvalue weighted by molar-refractivity contribution is -0.129. The van der Waals surface area contributed by atoms with E-state index >= 15 is 0 Å². The Morgan fingerprint density at radius 1 is 1.09 bits per heavy atom. The van der Waals surface area contributed by atoms with Crippen molar-refractivity contribution >= 4 is 29.4 Å². The van der Waals surface area contributed by atoms with Crippen LogP contribution >= 0.6 is 11.8 Å². The first kappa shape index (κ1) is 23.7. The molecular formula is C24H28N6O3S. The van der Waals surface area contributed by atoms with Crippen LogP contribution in [0.5, 0.6) is 0 Å². The minimum absolute atomic E-state index is 0.107. The minimum Gasteiger partial charge on any atom is -0.455 e. The zero-order chi connectivity index (χ0) is 23.9. The van der Waals surface area contributed by atoms with Crippen molar-refractivity contribution < 1.29 is 14.0 Å². The molecule has 1 aliphatic heterocycles. The van der Waals surface area contributed by atoms with E-state index in [9.17, 15) is 9.59 Å². The molecule has 1 N–H and O–H groups in total. The molecule has 1 saturated heterocycles. The second-order valence-electron chi connectivity index (χ2n) is 7.91. The van der Waals surface area contributed by atoms with E-state index in [1.165, 1.54) is 11.8 Å². The average molecular weight is 481 g/mol. The number of carbonyl (C=O) groups is 2. The summed E-state index contributed by atoms with van der Waals surface area (Å²) in [5.74, 6) is 2.16. The molecule has 0 aliphatic carbocycles. The van der Waals surface area contributed by atoms with Gasteiger partial charge in [0.2, 0.25) is 5.91 Å². The van der Waals surface area contributed by atoms with Crippen molar-refractivity contribution in [3.63, 3.8) is 0 Å². The quantitative estimate of drug-likeness (QED) is 0.388. The summed E-state index contributed by atoms with van der Waals surface area (Å²) < 4.78 is 5.74. The topological polar surface area (TPSA) is 104 Å². The van der Waals surface area contributed by atoms with Crippen molar-refractivity contribution in [1.29, 1.82) is 0 Å². The van der Waals surface area contributed by atoms with E-state index in [-0.39, 0.29) is 17.6 Å². The van der Waals surface area contributed by atoms with Crippen LogP contribution in [-0.4, -0.2) is 57.8 Å². The number of nitrogens with zero attached hydrogens (tertiary/aromatic N) is 5. The van der Waals surface area contributed by atoms with Crippen LogP contribution < -0.4 is 10.2 Å². The van der Waals surface area contributed by atoms with Gasteiger partial charge in [0.05, 0.1) is 18.0 Å². The van der Waals surface area contributed by atoms with Gasteiger partial charge in [-0.05, 0) is 30.7 Å². The Balaban J connectivity index is 1.35. The fourth-order valence-corrected chi connectivity index (χ4v) is 4.36. The first-order valence-corrected chi connectivity index (χ1v) is 12.3. The minimum atomic E-state index is -0.280. The van der Waals surface area contributed by atoms with E-state index in [4.69, 9.17) is 9.40 Å². The summed E-state index contributed by atoms with van der Waals surface area (Å²) in [4.78, 5) is 41.6. The largest absolute Gasteiger partial charge is 0.455 e. The Kier molecular flexibility index (Phi) is 7.79. The van der Waals surface area contributed by atoms with Crippen LogP contribution in [0, 0.1) is 0 Å². The highest BCUT2D eigenvalue weighted by atomic mass is 32.2. The molecule has 9 nitrogen and oxygen atoms in total. The first-order chi connectivity index (χ1) is 16.5. The molecule has 3 aromatic rings. The van der Waals surface area contributed by atoms with Gasteiger partial charge in [-0.15, -0.1) is 0 Å². The molecule has 0 spiro atoms. The van der Waals surface area contributed by atoms with Gasteiger partial charge in [0, 0.05) is 51.1 Å². The smallest absolute Gasteiger partial charge is 0.287 e. The third kappa shape index (κ3) is 6.13. The third-order valence-electron chi connectivity index (χ3n) is 5.54. The van der Waals surface area contributed by atoms with E-state index < -0.39 is 0 Å². The monoisotopic (exact) mass is 480 g/mol. The van der Waals surface area contributed by atoms with Crippen LogP contribution in [0.2, 0.25) is 0 Å². The molecule has 0 atom stereocenters. The molecule has 0 unspecified atom stereocenters. The molecule has 1 fully saturated rings. The molecule has 0 saturated carbocycles. The maximum Gasteiger partial charge on any atom is 0.287 e. The summed E-state index contributed by atoms with van der Waals surface area (Å²) >= 11 is 1.47. The van der Waals surface area contributed by atoms with Gasteiger partial charge >= 0.3 is 0 Å². The molecule has 0 radical (unpaired) electrons. The fourth-order valence-electron chi connectivity index (χ4n) is 3.59. The zero-order valence-electron chi connectivity index (χ0n) is 19.4. The Bertz CT molecular complexity index is 1130. The van der Waals surface area contributed by atoms with Crippen LogP contribution in [0.1, 0.15) is 41.6 Å². The Morgan fingerprint density at radius 2 is 1.91 bits per heavy atom. The lowest BCUT2D eigenvalue weighted by Gasteiger charge is -2.35. The van der Waals surface area contributed by atoms with Crippen LogP contribution in [0.25, 0.3) is 0 Å². The Hall–Kier alpha value is -3.40. The number of pyridine rings is 1. The molecule has 0 bridgehead atoms. The summed E-state index contributed by atoms with van der Waals surface area (Å²) in [5.41, 5.74) is 1.75. The second kappa shape index (κ2) is 11.1. The molecule has 10 heteroatoms. The Morgan fingerprint density at radius 3 is 2.62 bits per heavy atom. The lowest BCUT2D eigenvalue weighted by Crippen LogP contribution is -2.48. The summed E-state index contributed by atoms with van der Waals surface area (Å²) in [6, 6.07) is 11.1. The number of piperazine rings is 1. The van der Waals surface area contributed by atoms with Gasteiger partial charge in [0.15, 0.2) is 10.9 Å². The van der Waals surface area contributed by atoms with Crippen LogP contribution in [0.15, 0.2) is 52.2 Å². The summed E-state index contributed by atoms with van der Waals surface area (Å²) in [6.07, 6.45) is 2.49. The van der Waals surface area contributed by atoms with Gasteiger partial charge in [-0.3, -0.25) is 14.6 Å². The maximum atomic E-state index is 12.4. The van der Waals surface area contributed by atoms with Crippen molar-refractivity contribution in [2.75, 3.05) is 31.1 Å². The van der Waals surface area contributed by atoms with Crippen molar-refractivity contribution in [3.8, 4) is 0 Å². The number of amides is 2. The van der Waals surface area contributed by atoms with E-state index in [1.54, 1.807) is 25.3 Å². The zero-order valence-corrected chi connectivity index (χ0v) is 20.2. The highest BCUT2D eigenvalue weighted by molar-refractivity contribution is 7.98. The van der Waals surface area contributed by atoms with Gasteiger partial charge in [-0.2, -0.15) is 0 Å². The number of carbonyl (C=O) groups excluding carboxylic acids is 2. The fraction of sp³-hybridized carbons (Fsp3) is 0.375. The van der Waals surface area contributed by atoms with Crippen LogP contribution in [0.3, 0.4) is 0 Å². The lowest BCUT2D eigenvalue weighted by atomic mass is 10.2. The predicted molar refractivity (Wildman–Crippen MR) is 130 cm³/mol. The third-order valence-corrected chi connectivity index (χ3v) is 6.41. The second-order valence-corrected chi connectivity index (χ2v) is 8.85. The number of nitrogens with one attached hydrogen (secondary N) is 1. The standard InChI is InChI=1S/C24H28N6O3S/c1-3-18-14-22(30-12-10-29(11-13-30)17(2)31)28-24(27-18)34-16-20-7-8-21(33-20)23(32)26-15-19-6-4-5-9-25-19/h4-9,14H,3,10-13,15-16H2,1-2H3,(H,26,32). The van der Waals surface area contributed by atoms with Crippen molar-refractivity contribution in [2.24, 2.45) is 0 Å². The number of furan rings is 1. The predicted octanol–water partition coefficient (Wildman–Crippen LogP) is 2.92. The van der Waals surface area contributed by atoms with Crippen LogP contribution in [0.4, 0.5) is 5.82 Å². The first-order valence-electron chi connectivity index (χ1n) is 11.3. The van der Waals surface area contributed by atoms with E-state index in [2.05, 4.69) is 27.1 Å².